The van der Waals surface area contributed by atoms with Gasteiger partial charge in [0, 0.05) is 13.1 Å². The molecule has 136 valence electrons. The topological polar surface area (TPSA) is 146 Å². The molecule has 4 heterocycles. The molecule has 2 aliphatic rings. The first-order chi connectivity index (χ1) is 12.1. The maximum atomic E-state index is 10.4. The van der Waals surface area contributed by atoms with Crippen molar-refractivity contribution in [1.29, 1.82) is 0 Å². The zero-order valence-corrected chi connectivity index (χ0v) is 13.3. The van der Waals surface area contributed by atoms with Crippen molar-refractivity contribution < 1.29 is 29.9 Å². The van der Waals surface area contributed by atoms with Crippen LogP contribution in [0.25, 0.3) is 11.2 Å². The van der Waals surface area contributed by atoms with Crippen LogP contribution in [0.3, 0.4) is 0 Å². The molecular formula is C14H19N5O6. The second kappa shape index (κ2) is 6.35. The molecule has 2 saturated heterocycles. The Hall–Kier alpha value is -2.05. The van der Waals surface area contributed by atoms with E-state index in [0.29, 0.717) is 32.3 Å². The summed E-state index contributed by atoms with van der Waals surface area (Å²) in [6.45, 7) is 1.71. The number of fused-ring (bicyclic) bond motifs is 1. The Morgan fingerprint density at radius 1 is 1.16 bits per heavy atom. The van der Waals surface area contributed by atoms with Gasteiger partial charge in [0.2, 0.25) is 11.8 Å². The summed E-state index contributed by atoms with van der Waals surface area (Å²) >= 11 is 0. The van der Waals surface area contributed by atoms with Gasteiger partial charge in [-0.1, -0.05) is 0 Å². The minimum Gasteiger partial charge on any atom is -0.492 e. The summed E-state index contributed by atoms with van der Waals surface area (Å²) < 4.78 is 12.5. The quantitative estimate of drug-likeness (QED) is 0.487. The van der Waals surface area contributed by atoms with Crippen molar-refractivity contribution in [3.05, 3.63) is 6.33 Å². The predicted molar refractivity (Wildman–Crippen MR) is 83.0 cm³/mol. The number of ether oxygens (including phenoxy) is 2. The monoisotopic (exact) mass is 353 g/mol. The van der Waals surface area contributed by atoms with E-state index in [9.17, 15) is 20.4 Å². The zero-order chi connectivity index (χ0) is 17.6. The van der Waals surface area contributed by atoms with Crippen LogP contribution in [0.4, 0.5) is 5.95 Å². The van der Waals surface area contributed by atoms with Gasteiger partial charge in [0.05, 0.1) is 19.8 Å². The summed E-state index contributed by atoms with van der Waals surface area (Å²) in [7, 11) is 0. The van der Waals surface area contributed by atoms with E-state index < -0.39 is 31.1 Å². The van der Waals surface area contributed by atoms with Crippen molar-refractivity contribution in [1.82, 2.24) is 19.5 Å². The van der Waals surface area contributed by atoms with E-state index in [2.05, 4.69) is 15.0 Å². The fourth-order valence-electron chi connectivity index (χ4n) is 3.20. The summed E-state index contributed by atoms with van der Waals surface area (Å²) in [6, 6.07) is 0. The summed E-state index contributed by atoms with van der Waals surface area (Å²) in [5.74, 6) is 0.133. The molecule has 4 atom stereocenters. The summed E-state index contributed by atoms with van der Waals surface area (Å²) in [6.07, 6.45) is -3.29. The Bertz CT molecular complexity index is 763. The third-order valence-corrected chi connectivity index (χ3v) is 4.50. The van der Waals surface area contributed by atoms with E-state index >= 15 is 0 Å². The van der Waals surface area contributed by atoms with Gasteiger partial charge >= 0.3 is 0 Å². The highest BCUT2D eigenvalue weighted by molar-refractivity contribution is 5.79. The number of nitrogens with zero attached hydrogens (tertiary/aromatic N) is 5. The van der Waals surface area contributed by atoms with Crippen LogP contribution < -0.4 is 4.90 Å². The molecule has 0 aromatic carbocycles. The fourth-order valence-corrected chi connectivity index (χ4v) is 3.20. The highest BCUT2D eigenvalue weighted by atomic mass is 16.6. The molecule has 0 saturated carbocycles. The molecule has 4 N–H and O–H groups in total. The molecule has 2 aliphatic heterocycles. The normalized spacial score (nSPS) is 30.3. The van der Waals surface area contributed by atoms with Crippen LogP contribution in [0, 0.1) is 0 Å². The zero-order valence-electron chi connectivity index (χ0n) is 13.3. The van der Waals surface area contributed by atoms with E-state index in [1.54, 1.807) is 0 Å². The predicted octanol–water partition coefficient (Wildman–Crippen LogP) is -2.02. The minimum absolute atomic E-state index is 0.168. The van der Waals surface area contributed by atoms with Crippen LogP contribution in [0.15, 0.2) is 6.33 Å². The Labute approximate surface area is 142 Å². The van der Waals surface area contributed by atoms with E-state index in [4.69, 9.17) is 9.47 Å². The van der Waals surface area contributed by atoms with Crippen LogP contribution in [-0.4, -0.2) is 91.2 Å². The smallest absolute Gasteiger partial charge is 0.243 e. The van der Waals surface area contributed by atoms with Gasteiger partial charge in [0.15, 0.2) is 17.4 Å². The molecule has 0 aliphatic carbocycles. The number of aliphatic hydroxyl groups excluding tert-OH is 3. The summed E-state index contributed by atoms with van der Waals surface area (Å²) in [5, 5.41) is 39.8. The number of morpholine rings is 1. The molecule has 2 fully saturated rings. The van der Waals surface area contributed by atoms with Crippen LogP contribution in [0.1, 0.15) is 6.23 Å². The maximum Gasteiger partial charge on any atom is 0.243 e. The standard InChI is InChI=1S/C14H19N5O6/c20-5-7-9(21)10(22)13(25-7)19-11-8(12(23)16-6-15-11)17-14(19)18-1-3-24-4-2-18/h6-7,9-10,13,20-22H,1-5H2,(H,15,16,23)/t7-,9?,10?,13-/m1/s1. The Balaban J connectivity index is 1.84. The number of hydrogen-bond donors (Lipinski definition) is 4. The van der Waals surface area contributed by atoms with Crippen molar-refractivity contribution >= 4 is 17.1 Å². The molecular weight excluding hydrogens is 334 g/mol. The average Bonchev–Trinajstić information content (AvgIpc) is 3.15. The molecule has 2 unspecified atom stereocenters. The van der Waals surface area contributed by atoms with Gasteiger partial charge in [-0.3, -0.25) is 4.57 Å². The molecule has 0 radical (unpaired) electrons. The Kier molecular flexibility index (Phi) is 4.17. The number of rotatable bonds is 3. The van der Waals surface area contributed by atoms with Gasteiger partial charge in [0.25, 0.3) is 0 Å². The number of imidazole rings is 1. The van der Waals surface area contributed by atoms with E-state index in [-0.39, 0.29) is 17.0 Å². The lowest BCUT2D eigenvalue weighted by Crippen LogP contribution is -2.39. The Morgan fingerprint density at radius 2 is 1.92 bits per heavy atom. The summed E-state index contributed by atoms with van der Waals surface area (Å²) in [5.41, 5.74) is 0.436. The van der Waals surface area contributed by atoms with E-state index in [1.807, 2.05) is 4.90 Å². The van der Waals surface area contributed by atoms with Gasteiger partial charge in [-0.25, -0.2) is 9.97 Å². The van der Waals surface area contributed by atoms with Gasteiger partial charge in [-0.2, -0.15) is 4.98 Å². The fraction of sp³-hybridized carbons (Fsp3) is 0.643. The van der Waals surface area contributed by atoms with Gasteiger partial charge < -0.3 is 34.8 Å². The first-order valence-electron chi connectivity index (χ1n) is 7.99. The second-order valence-electron chi connectivity index (χ2n) is 5.98. The maximum absolute atomic E-state index is 10.4. The molecule has 11 heteroatoms. The summed E-state index contributed by atoms with van der Waals surface area (Å²) in [4.78, 5) is 14.2. The van der Waals surface area contributed by atoms with Crippen LogP contribution in [0.2, 0.25) is 0 Å². The van der Waals surface area contributed by atoms with Crippen molar-refractivity contribution in [2.75, 3.05) is 37.8 Å². The van der Waals surface area contributed by atoms with Crippen LogP contribution >= 0.6 is 0 Å². The first-order valence-corrected chi connectivity index (χ1v) is 7.99. The van der Waals surface area contributed by atoms with Crippen LogP contribution in [-0.2, 0) is 9.47 Å². The number of anilines is 1. The molecule has 2 aromatic heterocycles. The van der Waals surface area contributed by atoms with Crippen molar-refractivity contribution in [2.24, 2.45) is 0 Å². The SMILES string of the molecule is OC[C@H]1O[C@@H](n2c(N3CCOCC3)nc3c(O)ncnc32)C(O)C1O. The van der Waals surface area contributed by atoms with Crippen molar-refractivity contribution in [3.8, 4) is 5.88 Å². The molecule has 25 heavy (non-hydrogen) atoms. The first kappa shape index (κ1) is 16.4. The minimum atomic E-state index is -1.29. The molecule has 0 amide bonds. The lowest BCUT2D eigenvalue weighted by Gasteiger charge is -2.30. The van der Waals surface area contributed by atoms with E-state index in [0.717, 1.165) is 0 Å². The highest BCUT2D eigenvalue weighted by Crippen LogP contribution is 2.36. The second-order valence-corrected chi connectivity index (χ2v) is 5.98. The molecule has 0 spiro atoms. The molecule has 4 rings (SSSR count). The van der Waals surface area contributed by atoms with Gasteiger partial charge in [-0.15, -0.1) is 0 Å². The highest BCUT2D eigenvalue weighted by Gasteiger charge is 2.45. The number of aromatic hydroxyl groups is 1. The van der Waals surface area contributed by atoms with Crippen LogP contribution in [0.5, 0.6) is 5.88 Å². The van der Waals surface area contributed by atoms with Crippen molar-refractivity contribution in [2.45, 2.75) is 24.5 Å². The molecule has 2 aromatic rings. The molecule has 11 nitrogen and oxygen atoms in total. The van der Waals surface area contributed by atoms with Crippen molar-refractivity contribution in [3.63, 3.8) is 0 Å². The van der Waals surface area contributed by atoms with Gasteiger partial charge in [0.1, 0.15) is 24.6 Å². The number of aliphatic hydroxyl groups is 3. The number of aromatic nitrogens is 4. The third-order valence-electron chi connectivity index (χ3n) is 4.50. The lowest BCUT2D eigenvalue weighted by molar-refractivity contribution is -0.0506. The Morgan fingerprint density at radius 3 is 2.60 bits per heavy atom. The largest absolute Gasteiger partial charge is 0.492 e. The average molecular weight is 353 g/mol. The number of hydrogen-bond acceptors (Lipinski definition) is 10. The molecule has 0 bridgehead atoms. The van der Waals surface area contributed by atoms with Gasteiger partial charge in [-0.05, 0) is 0 Å². The van der Waals surface area contributed by atoms with E-state index in [1.165, 1.54) is 10.9 Å². The third kappa shape index (κ3) is 2.60. The lowest BCUT2D eigenvalue weighted by atomic mass is 10.1.